The molecule has 1 aliphatic heterocycles. The number of hydrogen-bond donors (Lipinski definition) is 2. The topological polar surface area (TPSA) is 93.6 Å². The molecule has 0 radical (unpaired) electrons. The number of aryl methyl sites for hydroxylation is 1. The van der Waals surface area contributed by atoms with Gasteiger partial charge in [0.1, 0.15) is 5.60 Å². The van der Waals surface area contributed by atoms with Gasteiger partial charge in [0.2, 0.25) is 5.95 Å². The number of rotatable bonds is 5. The fourth-order valence-electron chi connectivity index (χ4n) is 1.96. The maximum absolute atomic E-state index is 10.9. The number of nitrogens with zero attached hydrogens (tertiary/aromatic N) is 2. The number of anilines is 1. The van der Waals surface area contributed by atoms with Crippen molar-refractivity contribution in [1.29, 1.82) is 0 Å². The fourth-order valence-corrected chi connectivity index (χ4v) is 1.96. The lowest BCUT2D eigenvalue weighted by Crippen LogP contribution is -2.40. The highest BCUT2D eigenvalue weighted by atomic mass is 16.5. The molecule has 2 heterocycles. The zero-order chi connectivity index (χ0) is 13.9. The van der Waals surface area contributed by atoms with Gasteiger partial charge in [0, 0.05) is 32.4 Å². The number of hydrogen-bond acceptors (Lipinski definition) is 6. The van der Waals surface area contributed by atoms with Gasteiger partial charge in [-0.3, -0.25) is 0 Å². The molecule has 1 aromatic heterocycles. The molecule has 7 heteroatoms. The largest absolute Gasteiger partial charge is 0.477 e. The lowest BCUT2D eigenvalue weighted by Gasteiger charge is -2.25. The van der Waals surface area contributed by atoms with E-state index in [1.807, 2.05) is 0 Å². The minimum Gasteiger partial charge on any atom is -0.477 e. The third-order valence-corrected chi connectivity index (χ3v) is 3.14. The van der Waals surface area contributed by atoms with Gasteiger partial charge >= 0.3 is 5.97 Å². The number of aromatic carboxylic acids is 1. The molecule has 0 bridgehead atoms. The second-order valence-corrected chi connectivity index (χ2v) is 4.57. The Kier molecular flexibility index (Phi) is 3.96. The Morgan fingerprint density at radius 3 is 3.00 bits per heavy atom. The van der Waals surface area contributed by atoms with Crippen molar-refractivity contribution in [3.8, 4) is 0 Å². The number of methoxy groups -OCH3 is 1. The van der Waals surface area contributed by atoms with Gasteiger partial charge in [-0.15, -0.1) is 0 Å². The van der Waals surface area contributed by atoms with E-state index in [-0.39, 0.29) is 5.69 Å². The normalized spacial score (nSPS) is 22.4. The quantitative estimate of drug-likeness (QED) is 0.811. The molecule has 2 rings (SSSR count). The molecule has 19 heavy (non-hydrogen) atoms. The van der Waals surface area contributed by atoms with E-state index in [4.69, 9.17) is 14.6 Å². The molecular weight excluding hydrogens is 250 g/mol. The molecule has 0 aromatic carbocycles. The maximum Gasteiger partial charge on any atom is 0.354 e. The monoisotopic (exact) mass is 267 g/mol. The Bertz CT molecular complexity index is 472. The van der Waals surface area contributed by atoms with Crippen molar-refractivity contribution >= 4 is 11.9 Å². The molecule has 0 amide bonds. The van der Waals surface area contributed by atoms with Crippen LogP contribution in [-0.4, -0.2) is 53.5 Å². The van der Waals surface area contributed by atoms with E-state index in [1.165, 1.54) is 6.07 Å². The molecule has 104 valence electrons. The number of ether oxygens (including phenoxy) is 2. The predicted octanol–water partition coefficient (Wildman–Crippen LogP) is 0.701. The van der Waals surface area contributed by atoms with Gasteiger partial charge in [0.05, 0.1) is 6.61 Å². The van der Waals surface area contributed by atoms with Crippen LogP contribution in [0.25, 0.3) is 0 Å². The summed E-state index contributed by atoms with van der Waals surface area (Å²) in [4.78, 5) is 19.0. The summed E-state index contributed by atoms with van der Waals surface area (Å²) >= 11 is 0. The van der Waals surface area contributed by atoms with Crippen LogP contribution < -0.4 is 5.32 Å². The van der Waals surface area contributed by atoms with Crippen molar-refractivity contribution in [2.75, 3.05) is 32.2 Å². The number of carboxylic acid groups (broad SMARTS) is 1. The van der Waals surface area contributed by atoms with Crippen LogP contribution in [0.2, 0.25) is 0 Å². The van der Waals surface area contributed by atoms with E-state index >= 15 is 0 Å². The average molecular weight is 267 g/mol. The van der Waals surface area contributed by atoms with Crippen LogP contribution in [0, 0.1) is 6.92 Å². The van der Waals surface area contributed by atoms with Gasteiger partial charge < -0.3 is 19.9 Å². The fraction of sp³-hybridized carbons (Fsp3) is 0.583. The molecule has 1 fully saturated rings. The van der Waals surface area contributed by atoms with Crippen LogP contribution in [0.3, 0.4) is 0 Å². The van der Waals surface area contributed by atoms with Crippen LogP contribution in [-0.2, 0) is 9.47 Å². The minimum atomic E-state index is -1.07. The van der Waals surface area contributed by atoms with Crippen molar-refractivity contribution in [3.05, 3.63) is 17.5 Å². The van der Waals surface area contributed by atoms with E-state index in [9.17, 15) is 4.79 Å². The molecule has 0 aliphatic carbocycles. The van der Waals surface area contributed by atoms with E-state index in [2.05, 4.69) is 15.3 Å². The van der Waals surface area contributed by atoms with Crippen molar-refractivity contribution in [2.45, 2.75) is 18.9 Å². The molecule has 7 nitrogen and oxygen atoms in total. The molecule has 1 aliphatic rings. The summed E-state index contributed by atoms with van der Waals surface area (Å²) in [6, 6.07) is 1.43. The molecule has 1 unspecified atom stereocenters. The van der Waals surface area contributed by atoms with E-state index < -0.39 is 11.6 Å². The number of carboxylic acids is 1. The first kappa shape index (κ1) is 13.7. The molecule has 0 saturated carbocycles. The van der Waals surface area contributed by atoms with Gasteiger partial charge in [-0.1, -0.05) is 0 Å². The number of aromatic nitrogens is 2. The molecule has 0 spiro atoms. The summed E-state index contributed by atoms with van der Waals surface area (Å²) in [6.45, 7) is 3.37. The molecule has 1 atom stereocenters. The lowest BCUT2D eigenvalue weighted by molar-refractivity contribution is -0.00631. The van der Waals surface area contributed by atoms with Gasteiger partial charge in [-0.2, -0.15) is 0 Å². The first-order valence-electron chi connectivity index (χ1n) is 6.00. The molecule has 1 aromatic rings. The van der Waals surface area contributed by atoms with Gasteiger partial charge in [0.15, 0.2) is 5.69 Å². The van der Waals surface area contributed by atoms with Gasteiger partial charge in [-0.25, -0.2) is 14.8 Å². The summed E-state index contributed by atoms with van der Waals surface area (Å²) in [5.74, 6) is -0.778. The van der Waals surface area contributed by atoms with Crippen LogP contribution in [0.15, 0.2) is 6.07 Å². The van der Waals surface area contributed by atoms with Crippen molar-refractivity contribution in [1.82, 2.24) is 9.97 Å². The number of carbonyl (C=O) groups is 1. The van der Waals surface area contributed by atoms with Crippen molar-refractivity contribution < 1.29 is 19.4 Å². The van der Waals surface area contributed by atoms with E-state index in [1.54, 1.807) is 14.0 Å². The Morgan fingerprint density at radius 1 is 1.63 bits per heavy atom. The minimum absolute atomic E-state index is 0.0239. The van der Waals surface area contributed by atoms with Gasteiger partial charge in [0.25, 0.3) is 0 Å². The Morgan fingerprint density at radius 2 is 2.42 bits per heavy atom. The molecule has 2 N–H and O–H groups in total. The first-order chi connectivity index (χ1) is 9.04. The second-order valence-electron chi connectivity index (χ2n) is 4.57. The SMILES string of the molecule is COC1(CNc2nc(C)cc(C(=O)O)n2)CCOC1. The zero-order valence-electron chi connectivity index (χ0n) is 11.0. The molecular formula is C12H17N3O4. The number of nitrogens with one attached hydrogen (secondary N) is 1. The van der Waals surface area contributed by atoms with Crippen LogP contribution in [0.4, 0.5) is 5.95 Å². The van der Waals surface area contributed by atoms with E-state index in [0.717, 1.165) is 6.42 Å². The lowest BCUT2D eigenvalue weighted by atomic mass is 10.0. The summed E-state index contributed by atoms with van der Waals surface area (Å²) in [7, 11) is 1.64. The van der Waals surface area contributed by atoms with Crippen LogP contribution in [0.5, 0.6) is 0 Å². The highest BCUT2D eigenvalue weighted by molar-refractivity contribution is 5.85. The Balaban J connectivity index is 2.08. The molecule has 1 saturated heterocycles. The zero-order valence-corrected chi connectivity index (χ0v) is 11.0. The van der Waals surface area contributed by atoms with Crippen LogP contribution in [0.1, 0.15) is 22.6 Å². The third kappa shape index (κ3) is 3.18. The summed E-state index contributed by atoms with van der Waals surface area (Å²) in [5.41, 5.74) is 0.185. The maximum atomic E-state index is 10.9. The van der Waals surface area contributed by atoms with Crippen LogP contribution >= 0.6 is 0 Å². The highest BCUT2D eigenvalue weighted by Gasteiger charge is 2.35. The average Bonchev–Trinajstić information content (AvgIpc) is 2.85. The summed E-state index contributed by atoms with van der Waals surface area (Å²) < 4.78 is 10.8. The smallest absolute Gasteiger partial charge is 0.354 e. The van der Waals surface area contributed by atoms with Crippen molar-refractivity contribution in [3.63, 3.8) is 0 Å². The highest BCUT2D eigenvalue weighted by Crippen LogP contribution is 2.22. The predicted molar refractivity (Wildman–Crippen MR) is 67.4 cm³/mol. The van der Waals surface area contributed by atoms with Gasteiger partial charge in [-0.05, 0) is 13.0 Å². The third-order valence-electron chi connectivity index (χ3n) is 3.14. The Hall–Kier alpha value is -1.73. The van der Waals surface area contributed by atoms with E-state index in [0.29, 0.717) is 31.4 Å². The Labute approximate surface area is 111 Å². The second kappa shape index (κ2) is 5.50. The van der Waals surface area contributed by atoms with Crippen molar-refractivity contribution in [2.24, 2.45) is 0 Å². The standard InChI is InChI=1S/C12H17N3O4/c1-8-5-9(10(16)17)15-11(14-8)13-6-12(18-2)3-4-19-7-12/h5H,3-4,6-7H2,1-2H3,(H,16,17)(H,13,14,15). The summed E-state index contributed by atoms with van der Waals surface area (Å²) in [5, 5.41) is 12.0. The first-order valence-corrected chi connectivity index (χ1v) is 6.00. The summed E-state index contributed by atoms with van der Waals surface area (Å²) in [6.07, 6.45) is 0.786.